The molecule has 0 N–H and O–H groups in total. The molecule has 2 aromatic carbocycles. The fourth-order valence-corrected chi connectivity index (χ4v) is 10.9. The molecule has 0 radical (unpaired) electrons. The first-order valence-corrected chi connectivity index (χ1v) is 34.0. The van der Waals surface area contributed by atoms with Crippen LogP contribution < -0.4 is 0 Å². The average Bonchev–Trinajstić information content (AvgIpc) is 3.44. The third-order valence-corrected chi connectivity index (χ3v) is 15.9. The van der Waals surface area contributed by atoms with Crippen LogP contribution in [0.3, 0.4) is 0 Å². The Morgan fingerprint density at radius 2 is 0.500 bits per heavy atom. The van der Waals surface area contributed by atoms with E-state index in [1.54, 1.807) is 0 Å². The van der Waals surface area contributed by atoms with Crippen LogP contribution in [-0.4, -0.2) is 11.4 Å². The summed E-state index contributed by atoms with van der Waals surface area (Å²) in [5.41, 5.74) is 7.35. The maximum atomic E-state index is 5.57. The molecule has 0 aromatic heterocycles. The van der Waals surface area contributed by atoms with Gasteiger partial charge in [0, 0.05) is 25.7 Å². The third kappa shape index (κ3) is 41.9. The quantitative estimate of drug-likeness (QED) is 0.0358. The molecule has 76 heavy (non-hydrogen) atoms. The zero-order valence-corrected chi connectivity index (χ0v) is 51.3. The van der Waals surface area contributed by atoms with E-state index in [0.717, 1.165) is 88.4 Å². The van der Waals surface area contributed by atoms with E-state index in [-0.39, 0.29) is 0 Å². The van der Waals surface area contributed by atoms with E-state index in [1.807, 2.05) is 0 Å². The highest BCUT2D eigenvalue weighted by atomic mass is 14.8. The Morgan fingerprint density at radius 3 is 0.803 bits per heavy atom. The molecule has 2 heteroatoms. The van der Waals surface area contributed by atoms with Crippen molar-refractivity contribution in [3.8, 4) is 23.7 Å². The summed E-state index contributed by atoms with van der Waals surface area (Å²) in [4.78, 5) is 11.1. The van der Waals surface area contributed by atoms with Crippen LogP contribution in [0.25, 0.3) is 0 Å². The largest absolute Gasteiger partial charge is 0.251 e. The topological polar surface area (TPSA) is 24.7 Å². The fraction of sp³-hybridized carbons (Fsp3) is 0.757. The van der Waals surface area contributed by atoms with Crippen LogP contribution in [0.5, 0.6) is 0 Å². The number of benzene rings is 2. The van der Waals surface area contributed by atoms with E-state index in [0.29, 0.717) is 0 Å². The molecule has 0 heterocycles. The van der Waals surface area contributed by atoms with Crippen molar-refractivity contribution in [2.45, 2.75) is 362 Å². The normalized spacial score (nSPS) is 11.7. The van der Waals surface area contributed by atoms with Crippen LogP contribution in [0.4, 0.5) is 11.4 Å². The van der Waals surface area contributed by atoms with Gasteiger partial charge in [0.2, 0.25) is 0 Å². The minimum absolute atomic E-state index is 0.965. The standard InChI is InChI=1S/C74H124N2/c1-5-9-13-16-19-21-23-25-27-29-31-33-35-37-39-41-43-45-47-49-51-54-61-69-63-57-59-66-71(69)75-73(65-12-8-4)74(68-56-53-18-15-11-7-3)76-72-67-60-58-64-70(72)62-55-52-50-48-46-44-42-40-38-36-34-32-30-28-26-24-22-20-17-14-10-6-2/h57-60,63-64,66-67H,5-46,51-56,61-62,65,68H2,1-4H3. The molecule has 0 atom stereocenters. The van der Waals surface area contributed by atoms with E-state index in [4.69, 9.17) is 9.98 Å². The minimum Gasteiger partial charge on any atom is -0.251 e. The molecule has 0 aliphatic rings. The Kier molecular flexibility index (Phi) is 50.1. The first-order valence-electron chi connectivity index (χ1n) is 34.0. The zero-order chi connectivity index (χ0) is 54.1. The van der Waals surface area contributed by atoms with Crippen molar-refractivity contribution < 1.29 is 0 Å². The lowest BCUT2D eigenvalue weighted by atomic mass is 10.00. The highest BCUT2D eigenvalue weighted by molar-refractivity contribution is 6.43. The average molecular weight is 1040 g/mol. The van der Waals surface area contributed by atoms with Gasteiger partial charge in [-0.05, 0) is 87.5 Å². The molecule has 2 aromatic rings. The second-order valence-electron chi connectivity index (χ2n) is 23.2. The number of unbranched alkanes of at least 4 members (excludes halogenated alkanes) is 42. The highest BCUT2D eigenvalue weighted by Gasteiger charge is 2.13. The van der Waals surface area contributed by atoms with Gasteiger partial charge in [-0.25, -0.2) is 0 Å². The van der Waals surface area contributed by atoms with E-state index in [9.17, 15) is 0 Å². The smallest absolute Gasteiger partial charge is 0.0665 e. The number of hydrogen-bond donors (Lipinski definition) is 0. The molecule has 0 aliphatic carbocycles. The van der Waals surface area contributed by atoms with Crippen molar-refractivity contribution in [3.63, 3.8) is 0 Å². The van der Waals surface area contributed by atoms with Gasteiger partial charge in [0.1, 0.15) is 0 Å². The molecule has 0 fully saturated rings. The predicted octanol–water partition coefficient (Wildman–Crippen LogP) is 25.2. The molecular formula is C74H124N2. The summed E-state index contributed by atoms with van der Waals surface area (Å²) in [5, 5.41) is 0. The highest BCUT2D eigenvalue weighted by Crippen LogP contribution is 2.27. The van der Waals surface area contributed by atoms with Crippen LogP contribution in [0, 0.1) is 23.7 Å². The molecule has 2 rings (SSSR count). The zero-order valence-electron chi connectivity index (χ0n) is 51.3. The molecule has 0 spiro atoms. The molecule has 430 valence electrons. The fourth-order valence-electron chi connectivity index (χ4n) is 10.9. The summed E-state index contributed by atoms with van der Waals surface area (Å²) in [7, 11) is 0. The van der Waals surface area contributed by atoms with Crippen molar-refractivity contribution in [3.05, 3.63) is 59.7 Å². The van der Waals surface area contributed by atoms with Crippen LogP contribution in [-0.2, 0) is 12.8 Å². The van der Waals surface area contributed by atoms with Gasteiger partial charge in [0.25, 0.3) is 0 Å². The number of para-hydroxylation sites is 2. The number of aryl methyl sites for hydroxylation is 2. The third-order valence-electron chi connectivity index (χ3n) is 15.9. The van der Waals surface area contributed by atoms with Gasteiger partial charge in [-0.1, -0.05) is 308 Å². The Balaban J connectivity index is 1.82. The monoisotopic (exact) mass is 1040 g/mol. The van der Waals surface area contributed by atoms with E-state index < -0.39 is 0 Å². The van der Waals surface area contributed by atoms with E-state index in [2.05, 4.69) is 99.9 Å². The minimum atomic E-state index is 0.965. The summed E-state index contributed by atoms with van der Waals surface area (Å²) in [6.45, 7) is 9.23. The maximum Gasteiger partial charge on any atom is 0.0665 e. The van der Waals surface area contributed by atoms with Gasteiger partial charge < -0.3 is 0 Å². The van der Waals surface area contributed by atoms with Crippen LogP contribution in [0.1, 0.15) is 360 Å². The van der Waals surface area contributed by atoms with Crippen molar-refractivity contribution in [1.82, 2.24) is 0 Å². The summed E-state index contributed by atoms with van der Waals surface area (Å²) < 4.78 is 0. The van der Waals surface area contributed by atoms with Crippen LogP contribution in [0.2, 0.25) is 0 Å². The lowest BCUT2D eigenvalue weighted by Crippen LogP contribution is -2.15. The molecule has 0 amide bonds. The van der Waals surface area contributed by atoms with Crippen molar-refractivity contribution in [2.24, 2.45) is 9.98 Å². The number of aliphatic imine (C=N–C) groups is 2. The number of rotatable bonds is 53. The Hall–Kier alpha value is -3.10. The summed E-state index contributed by atoms with van der Waals surface area (Å²) in [6.07, 6.45) is 68.4. The van der Waals surface area contributed by atoms with E-state index >= 15 is 0 Å². The summed E-state index contributed by atoms with van der Waals surface area (Å²) in [5.74, 6) is 14.1. The molecule has 0 aliphatic heterocycles. The second-order valence-corrected chi connectivity index (χ2v) is 23.2. The molecule has 2 nitrogen and oxygen atoms in total. The van der Waals surface area contributed by atoms with E-state index in [1.165, 1.54) is 279 Å². The second kappa shape index (κ2) is 55.2. The van der Waals surface area contributed by atoms with Crippen molar-refractivity contribution in [2.75, 3.05) is 0 Å². The van der Waals surface area contributed by atoms with Crippen molar-refractivity contribution >= 4 is 22.8 Å². The summed E-state index contributed by atoms with van der Waals surface area (Å²) >= 11 is 0. The Bertz CT molecular complexity index is 1760. The van der Waals surface area contributed by atoms with Crippen molar-refractivity contribution in [1.29, 1.82) is 0 Å². The lowest BCUT2D eigenvalue weighted by Gasteiger charge is -2.14. The van der Waals surface area contributed by atoms with Gasteiger partial charge in [0.15, 0.2) is 0 Å². The lowest BCUT2D eigenvalue weighted by molar-refractivity contribution is 0.528. The maximum absolute atomic E-state index is 5.57. The number of hydrogen-bond acceptors (Lipinski definition) is 2. The molecule has 0 saturated carbocycles. The van der Waals surface area contributed by atoms with Gasteiger partial charge in [-0.2, -0.15) is 0 Å². The predicted molar refractivity (Wildman–Crippen MR) is 344 cm³/mol. The van der Waals surface area contributed by atoms with Gasteiger partial charge >= 0.3 is 0 Å². The molecule has 0 bridgehead atoms. The Labute approximate surface area is 475 Å². The first kappa shape index (κ1) is 69.0. The van der Waals surface area contributed by atoms with Crippen LogP contribution >= 0.6 is 0 Å². The SMILES string of the molecule is CCCCCCCCCCCCCCCCCCCC#CCCCc1ccccc1N=C(CCCC)C(CCCCCCCC)=Nc1ccccc1CCCC#CCCCCCCCCCCCCCCCCCCC. The molecule has 0 saturated heterocycles. The summed E-state index contributed by atoms with van der Waals surface area (Å²) in [6, 6.07) is 17.8. The van der Waals surface area contributed by atoms with Crippen LogP contribution in [0.15, 0.2) is 58.5 Å². The molecular weight excluding hydrogens is 917 g/mol. The first-order chi connectivity index (χ1) is 37.7. The Morgan fingerprint density at radius 1 is 0.263 bits per heavy atom. The molecule has 0 unspecified atom stereocenters. The van der Waals surface area contributed by atoms with Gasteiger partial charge in [-0.15, -0.1) is 23.7 Å². The number of nitrogens with zero attached hydrogens (tertiary/aromatic N) is 2. The van der Waals surface area contributed by atoms with Gasteiger partial charge in [0.05, 0.1) is 22.8 Å². The van der Waals surface area contributed by atoms with Gasteiger partial charge in [-0.3, -0.25) is 9.98 Å².